The van der Waals surface area contributed by atoms with Crippen LogP contribution in [0.4, 0.5) is 11.4 Å². The molecule has 0 saturated carbocycles. The Balaban J connectivity index is 2.00. The Labute approximate surface area is 130 Å². The number of hydrogen-bond acceptors (Lipinski definition) is 4. The van der Waals surface area contributed by atoms with Gasteiger partial charge in [-0.2, -0.15) is 0 Å². The maximum Gasteiger partial charge on any atom is 0.243 e. The minimum absolute atomic E-state index is 0.137. The van der Waals surface area contributed by atoms with Crippen LogP contribution in [0.1, 0.15) is 5.56 Å². The van der Waals surface area contributed by atoms with Gasteiger partial charge in [0.15, 0.2) is 0 Å². The number of amides is 1. The van der Waals surface area contributed by atoms with Crippen LogP contribution in [0.3, 0.4) is 0 Å². The van der Waals surface area contributed by atoms with E-state index >= 15 is 0 Å². The predicted octanol–water partition coefficient (Wildman–Crippen LogP) is 3.06. The molecule has 0 bridgehead atoms. The summed E-state index contributed by atoms with van der Waals surface area (Å²) in [6.45, 7) is 2.12. The van der Waals surface area contributed by atoms with Crippen LogP contribution in [0.25, 0.3) is 0 Å². The number of aryl methyl sites for hydroxylation is 1. The second kappa shape index (κ2) is 7.36. The highest BCUT2D eigenvalue weighted by Gasteiger charge is 2.08. The zero-order chi connectivity index (χ0) is 15.9. The molecule has 0 aliphatic rings. The molecule has 1 amide bonds. The van der Waals surface area contributed by atoms with Gasteiger partial charge in [0.1, 0.15) is 11.5 Å². The van der Waals surface area contributed by atoms with Crippen molar-refractivity contribution in [1.29, 1.82) is 0 Å². The quantitative estimate of drug-likeness (QED) is 0.861. The summed E-state index contributed by atoms with van der Waals surface area (Å²) in [7, 11) is 3.17. The summed E-state index contributed by atoms with van der Waals surface area (Å²) < 4.78 is 10.5. The zero-order valence-corrected chi connectivity index (χ0v) is 13.0. The Morgan fingerprint density at radius 2 is 1.68 bits per heavy atom. The lowest BCUT2D eigenvalue weighted by Gasteiger charge is -2.13. The molecule has 0 fully saturated rings. The van der Waals surface area contributed by atoms with Crippen molar-refractivity contribution in [3.8, 4) is 11.5 Å². The predicted molar refractivity (Wildman–Crippen MR) is 87.8 cm³/mol. The molecule has 2 aromatic carbocycles. The van der Waals surface area contributed by atoms with Crippen molar-refractivity contribution >= 4 is 17.3 Å². The molecule has 0 spiro atoms. The van der Waals surface area contributed by atoms with E-state index in [9.17, 15) is 4.79 Å². The number of carbonyl (C=O) groups excluding carboxylic acids is 1. The molecule has 116 valence electrons. The molecule has 2 aromatic rings. The van der Waals surface area contributed by atoms with Gasteiger partial charge in [-0.3, -0.25) is 4.79 Å². The van der Waals surface area contributed by atoms with Gasteiger partial charge in [-0.05, 0) is 36.8 Å². The first kappa shape index (κ1) is 15.7. The van der Waals surface area contributed by atoms with E-state index in [4.69, 9.17) is 9.47 Å². The number of nitrogens with one attached hydrogen (secondary N) is 2. The molecule has 0 aliphatic heterocycles. The Kier molecular flexibility index (Phi) is 5.25. The Hall–Kier alpha value is -2.69. The lowest BCUT2D eigenvalue weighted by molar-refractivity contribution is -0.114. The van der Waals surface area contributed by atoms with Gasteiger partial charge in [-0.1, -0.05) is 18.2 Å². The monoisotopic (exact) mass is 300 g/mol. The normalized spacial score (nSPS) is 9.95. The highest BCUT2D eigenvalue weighted by Crippen LogP contribution is 2.25. The molecule has 0 aliphatic carbocycles. The molecule has 0 saturated heterocycles. The molecule has 2 rings (SSSR count). The summed E-state index contributed by atoms with van der Waals surface area (Å²) in [5.74, 6) is 1.17. The van der Waals surface area contributed by atoms with Crippen molar-refractivity contribution < 1.29 is 14.3 Å². The van der Waals surface area contributed by atoms with Gasteiger partial charge in [-0.15, -0.1) is 0 Å². The molecule has 0 heterocycles. The highest BCUT2D eigenvalue weighted by atomic mass is 16.5. The number of benzene rings is 2. The van der Waals surface area contributed by atoms with Gasteiger partial charge in [0.25, 0.3) is 0 Å². The van der Waals surface area contributed by atoms with E-state index in [1.807, 2.05) is 37.3 Å². The van der Waals surface area contributed by atoms with Crippen molar-refractivity contribution in [1.82, 2.24) is 0 Å². The number of hydrogen-bond donors (Lipinski definition) is 2. The number of carbonyl (C=O) groups is 1. The van der Waals surface area contributed by atoms with Crippen molar-refractivity contribution in [2.45, 2.75) is 6.92 Å². The van der Waals surface area contributed by atoms with Crippen LogP contribution < -0.4 is 20.1 Å². The molecular formula is C17H20N2O3. The van der Waals surface area contributed by atoms with Gasteiger partial charge in [0.05, 0.1) is 32.1 Å². The van der Waals surface area contributed by atoms with Crippen LogP contribution in [-0.4, -0.2) is 26.7 Å². The fourth-order valence-electron chi connectivity index (χ4n) is 2.08. The third-order valence-electron chi connectivity index (χ3n) is 3.18. The van der Waals surface area contributed by atoms with E-state index in [2.05, 4.69) is 10.6 Å². The summed E-state index contributed by atoms with van der Waals surface area (Å²) >= 11 is 0. The lowest BCUT2D eigenvalue weighted by atomic mass is 10.2. The number of ether oxygens (including phenoxy) is 2. The van der Waals surface area contributed by atoms with Crippen LogP contribution in [0.5, 0.6) is 11.5 Å². The molecule has 2 N–H and O–H groups in total. The average Bonchev–Trinajstić information content (AvgIpc) is 2.53. The fourth-order valence-corrected chi connectivity index (χ4v) is 2.08. The Bertz CT molecular complexity index is 656. The van der Waals surface area contributed by atoms with Crippen LogP contribution in [0, 0.1) is 6.92 Å². The zero-order valence-electron chi connectivity index (χ0n) is 13.0. The summed E-state index contributed by atoms with van der Waals surface area (Å²) in [6.07, 6.45) is 0. The number of para-hydroxylation sites is 2. The summed E-state index contributed by atoms with van der Waals surface area (Å²) in [4.78, 5) is 12.1. The van der Waals surface area contributed by atoms with E-state index in [1.54, 1.807) is 26.4 Å². The van der Waals surface area contributed by atoms with E-state index in [-0.39, 0.29) is 12.5 Å². The fraction of sp³-hybridized carbons (Fsp3) is 0.235. The van der Waals surface area contributed by atoms with Crippen molar-refractivity contribution in [3.63, 3.8) is 0 Å². The first-order chi connectivity index (χ1) is 10.6. The molecule has 22 heavy (non-hydrogen) atoms. The topological polar surface area (TPSA) is 59.6 Å². The third kappa shape index (κ3) is 3.91. The lowest BCUT2D eigenvalue weighted by Crippen LogP contribution is -2.22. The SMILES string of the molecule is COc1ccc(C)cc1NCC(=O)Nc1ccccc1OC. The van der Waals surface area contributed by atoms with Crippen LogP contribution in [0.15, 0.2) is 42.5 Å². The Morgan fingerprint density at radius 3 is 2.41 bits per heavy atom. The molecule has 5 nitrogen and oxygen atoms in total. The number of methoxy groups -OCH3 is 2. The smallest absolute Gasteiger partial charge is 0.243 e. The average molecular weight is 300 g/mol. The second-order valence-corrected chi connectivity index (χ2v) is 4.81. The number of anilines is 2. The molecule has 0 atom stereocenters. The summed E-state index contributed by atoms with van der Waals surface area (Å²) in [6, 6.07) is 13.1. The maximum absolute atomic E-state index is 12.1. The molecule has 5 heteroatoms. The van der Waals surface area contributed by atoms with Crippen LogP contribution in [0.2, 0.25) is 0 Å². The maximum atomic E-state index is 12.1. The number of rotatable bonds is 6. The Morgan fingerprint density at radius 1 is 1.00 bits per heavy atom. The van der Waals surface area contributed by atoms with Gasteiger partial charge in [-0.25, -0.2) is 0 Å². The molecule has 0 aromatic heterocycles. The minimum atomic E-state index is -0.159. The molecule has 0 unspecified atom stereocenters. The van der Waals surface area contributed by atoms with Crippen LogP contribution >= 0.6 is 0 Å². The molecule has 0 radical (unpaired) electrons. The summed E-state index contributed by atoms with van der Waals surface area (Å²) in [5.41, 5.74) is 2.53. The standard InChI is InChI=1S/C17H20N2O3/c1-12-8-9-16(22-3)14(10-12)18-11-17(20)19-13-6-4-5-7-15(13)21-2/h4-10,18H,11H2,1-3H3,(H,19,20). The largest absolute Gasteiger partial charge is 0.495 e. The van der Waals surface area contributed by atoms with Gasteiger partial charge < -0.3 is 20.1 Å². The van der Waals surface area contributed by atoms with E-state index in [0.717, 1.165) is 11.3 Å². The second-order valence-electron chi connectivity index (χ2n) is 4.81. The van der Waals surface area contributed by atoms with Gasteiger partial charge >= 0.3 is 0 Å². The minimum Gasteiger partial charge on any atom is -0.495 e. The van der Waals surface area contributed by atoms with Crippen molar-refractivity contribution in [2.24, 2.45) is 0 Å². The summed E-state index contributed by atoms with van der Waals surface area (Å²) in [5, 5.41) is 5.90. The van der Waals surface area contributed by atoms with Gasteiger partial charge in [0, 0.05) is 0 Å². The van der Waals surface area contributed by atoms with Crippen molar-refractivity contribution in [3.05, 3.63) is 48.0 Å². The van der Waals surface area contributed by atoms with E-state index in [0.29, 0.717) is 17.2 Å². The van der Waals surface area contributed by atoms with Crippen molar-refractivity contribution in [2.75, 3.05) is 31.4 Å². The van der Waals surface area contributed by atoms with E-state index < -0.39 is 0 Å². The van der Waals surface area contributed by atoms with Crippen LogP contribution in [-0.2, 0) is 4.79 Å². The van der Waals surface area contributed by atoms with Gasteiger partial charge in [0.2, 0.25) is 5.91 Å². The molecular weight excluding hydrogens is 280 g/mol. The first-order valence-corrected chi connectivity index (χ1v) is 6.95. The highest BCUT2D eigenvalue weighted by molar-refractivity contribution is 5.95. The third-order valence-corrected chi connectivity index (χ3v) is 3.18. The first-order valence-electron chi connectivity index (χ1n) is 6.95. The van der Waals surface area contributed by atoms with E-state index in [1.165, 1.54) is 0 Å².